The van der Waals surface area contributed by atoms with E-state index in [2.05, 4.69) is 34.6 Å². The van der Waals surface area contributed by atoms with Crippen molar-refractivity contribution in [1.29, 1.82) is 0 Å². The predicted molar refractivity (Wildman–Crippen MR) is 111 cm³/mol. The molecular weight excluding hydrogens is 386 g/mol. The van der Waals surface area contributed by atoms with Crippen molar-refractivity contribution < 1.29 is 14.3 Å². The second-order valence-corrected chi connectivity index (χ2v) is 9.25. The lowest BCUT2D eigenvalue weighted by atomic mass is 9.87. The summed E-state index contributed by atoms with van der Waals surface area (Å²) < 4.78 is 5.64. The quantitative estimate of drug-likeness (QED) is 0.761. The third-order valence-electron chi connectivity index (χ3n) is 6.28. The van der Waals surface area contributed by atoms with Crippen LogP contribution in [-0.2, 0) is 9.53 Å². The van der Waals surface area contributed by atoms with Crippen LogP contribution in [-0.4, -0.2) is 65.5 Å². The molecule has 0 aliphatic carbocycles. The van der Waals surface area contributed by atoms with Crippen molar-refractivity contribution in [3.8, 4) is 10.6 Å². The molecule has 0 radical (unpaired) electrons. The van der Waals surface area contributed by atoms with E-state index in [0.29, 0.717) is 18.9 Å². The van der Waals surface area contributed by atoms with Crippen LogP contribution in [0.2, 0.25) is 0 Å². The number of likely N-dealkylation sites (tertiary alicyclic amines) is 2. The van der Waals surface area contributed by atoms with E-state index in [-0.39, 0.29) is 30.4 Å². The molecular formula is C22H25N3O3S. The average molecular weight is 412 g/mol. The molecule has 4 heterocycles. The summed E-state index contributed by atoms with van der Waals surface area (Å²) in [5.74, 6) is 0.706. The first-order valence-corrected chi connectivity index (χ1v) is 11.1. The van der Waals surface area contributed by atoms with Crippen LogP contribution in [0.1, 0.15) is 30.0 Å². The SMILES string of the molecule is Cc1csc(-c2ccc(C3CN(C(=O)N4CC[C@@H]5OCC(=O)C[C@@H]5C4)C3)cc2)n1. The van der Waals surface area contributed by atoms with Crippen LogP contribution < -0.4 is 0 Å². The van der Waals surface area contributed by atoms with Crippen LogP contribution >= 0.6 is 11.3 Å². The Balaban J connectivity index is 1.16. The third kappa shape index (κ3) is 3.69. The molecule has 152 valence electrons. The monoisotopic (exact) mass is 411 g/mol. The number of ketones is 1. The summed E-state index contributed by atoms with van der Waals surface area (Å²) in [6.45, 7) is 5.12. The molecule has 2 amide bonds. The maximum atomic E-state index is 12.9. The highest BCUT2D eigenvalue weighted by molar-refractivity contribution is 7.13. The van der Waals surface area contributed by atoms with Crippen molar-refractivity contribution in [1.82, 2.24) is 14.8 Å². The number of rotatable bonds is 2. The van der Waals surface area contributed by atoms with E-state index in [9.17, 15) is 9.59 Å². The van der Waals surface area contributed by atoms with Gasteiger partial charge >= 0.3 is 6.03 Å². The standard InChI is InChI=1S/C22H25N3O3S/c1-14-13-29-21(23-14)16-4-2-15(3-5-16)18-10-25(11-18)22(27)24-7-6-20-17(9-24)8-19(26)12-28-20/h2-5,13,17-18,20H,6-12H2,1H3/t17-,20+/m1/s1. The first kappa shape index (κ1) is 18.8. The number of aromatic nitrogens is 1. The molecule has 3 aliphatic rings. The van der Waals surface area contributed by atoms with E-state index in [1.54, 1.807) is 11.3 Å². The summed E-state index contributed by atoms with van der Waals surface area (Å²) in [6, 6.07) is 8.68. The zero-order valence-electron chi connectivity index (χ0n) is 16.5. The Morgan fingerprint density at radius 3 is 2.69 bits per heavy atom. The lowest BCUT2D eigenvalue weighted by Crippen LogP contribution is -2.58. The number of ether oxygens (including phenoxy) is 1. The first-order chi connectivity index (χ1) is 14.1. The van der Waals surface area contributed by atoms with E-state index >= 15 is 0 Å². The van der Waals surface area contributed by atoms with Crippen molar-refractivity contribution >= 4 is 23.2 Å². The number of piperidine rings is 1. The van der Waals surface area contributed by atoms with Gasteiger partial charge in [0, 0.05) is 61.1 Å². The van der Waals surface area contributed by atoms with Gasteiger partial charge in [-0.1, -0.05) is 24.3 Å². The Kier molecular flexibility index (Phi) is 4.87. The van der Waals surface area contributed by atoms with Gasteiger partial charge in [-0.25, -0.2) is 9.78 Å². The number of hydrogen-bond acceptors (Lipinski definition) is 5. The second-order valence-electron chi connectivity index (χ2n) is 8.39. The number of fused-ring (bicyclic) bond motifs is 1. The van der Waals surface area contributed by atoms with Crippen LogP contribution in [0, 0.1) is 12.8 Å². The number of Topliss-reactive ketones (excluding diaryl/α,β-unsaturated/α-hetero) is 1. The van der Waals surface area contributed by atoms with E-state index in [1.165, 1.54) is 5.56 Å². The highest BCUT2D eigenvalue weighted by atomic mass is 32.1. The van der Waals surface area contributed by atoms with E-state index in [4.69, 9.17) is 4.74 Å². The number of amides is 2. The average Bonchev–Trinajstić information content (AvgIpc) is 3.13. The normalized spacial score (nSPS) is 24.9. The molecule has 5 rings (SSSR count). The number of carbonyl (C=O) groups is 2. The van der Waals surface area contributed by atoms with Gasteiger partial charge in [0.1, 0.15) is 11.6 Å². The van der Waals surface area contributed by atoms with Gasteiger partial charge in [-0.2, -0.15) is 0 Å². The molecule has 0 unspecified atom stereocenters. The predicted octanol–water partition coefficient (Wildman–Crippen LogP) is 3.32. The van der Waals surface area contributed by atoms with Gasteiger partial charge in [0.05, 0.1) is 6.10 Å². The highest BCUT2D eigenvalue weighted by Gasteiger charge is 2.40. The maximum Gasteiger partial charge on any atom is 0.320 e. The van der Waals surface area contributed by atoms with Gasteiger partial charge in [-0.05, 0) is 18.9 Å². The number of thiazole rings is 1. The van der Waals surface area contributed by atoms with Gasteiger partial charge < -0.3 is 14.5 Å². The van der Waals surface area contributed by atoms with Crippen LogP contribution in [0.3, 0.4) is 0 Å². The number of hydrogen-bond donors (Lipinski definition) is 0. The van der Waals surface area contributed by atoms with Crippen molar-refractivity contribution in [3.63, 3.8) is 0 Å². The van der Waals surface area contributed by atoms with Crippen molar-refractivity contribution in [3.05, 3.63) is 40.9 Å². The Morgan fingerprint density at radius 2 is 1.97 bits per heavy atom. The van der Waals surface area contributed by atoms with Crippen molar-refractivity contribution in [2.45, 2.75) is 31.8 Å². The smallest absolute Gasteiger partial charge is 0.320 e. The van der Waals surface area contributed by atoms with Gasteiger partial charge in [-0.15, -0.1) is 11.3 Å². The Morgan fingerprint density at radius 1 is 1.17 bits per heavy atom. The molecule has 3 saturated heterocycles. The molecule has 2 atom stereocenters. The number of aryl methyl sites for hydroxylation is 1. The van der Waals surface area contributed by atoms with Crippen LogP contribution in [0.15, 0.2) is 29.6 Å². The molecule has 3 fully saturated rings. The molecule has 6 nitrogen and oxygen atoms in total. The summed E-state index contributed by atoms with van der Waals surface area (Å²) in [6.07, 6.45) is 1.52. The number of carbonyl (C=O) groups excluding carboxylic acids is 2. The Bertz CT molecular complexity index is 920. The fraction of sp³-hybridized carbons (Fsp3) is 0.500. The number of urea groups is 1. The van der Waals surface area contributed by atoms with Gasteiger partial charge in [0.15, 0.2) is 5.78 Å². The minimum absolute atomic E-state index is 0.104. The Hall–Kier alpha value is -2.25. The van der Waals surface area contributed by atoms with E-state index in [1.807, 2.05) is 16.7 Å². The lowest BCUT2D eigenvalue weighted by molar-refractivity contribution is -0.140. The highest BCUT2D eigenvalue weighted by Crippen LogP contribution is 2.32. The van der Waals surface area contributed by atoms with Gasteiger partial charge in [0.2, 0.25) is 0 Å². The summed E-state index contributed by atoms with van der Waals surface area (Å²) in [5.41, 5.74) is 3.47. The maximum absolute atomic E-state index is 12.9. The molecule has 1 aromatic heterocycles. The molecule has 29 heavy (non-hydrogen) atoms. The molecule has 7 heteroatoms. The van der Waals surface area contributed by atoms with E-state index in [0.717, 1.165) is 42.3 Å². The van der Waals surface area contributed by atoms with Crippen LogP contribution in [0.5, 0.6) is 0 Å². The summed E-state index contributed by atoms with van der Waals surface area (Å²) in [7, 11) is 0. The molecule has 2 aromatic rings. The fourth-order valence-electron chi connectivity index (χ4n) is 4.58. The van der Waals surface area contributed by atoms with E-state index < -0.39 is 0 Å². The van der Waals surface area contributed by atoms with Crippen molar-refractivity contribution in [2.75, 3.05) is 32.8 Å². The summed E-state index contributed by atoms with van der Waals surface area (Å²) in [4.78, 5) is 32.9. The summed E-state index contributed by atoms with van der Waals surface area (Å²) in [5, 5.41) is 3.12. The minimum atomic E-state index is 0.104. The third-order valence-corrected chi connectivity index (χ3v) is 7.29. The zero-order valence-corrected chi connectivity index (χ0v) is 17.4. The van der Waals surface area contributed by atoms with Crippen LogP contribution in [0.4, 0.5) is 4.79 Å². The van der Waals surface area contributed by atoms with Gasteiger partial charge in [0.25, 0.3) is 0 Å². The number of benzene rings is 1. The topological polar surface area (TPSA) is 62.7 Å². The first-order valence-electron chi connectivity index (χ1n) is 10.3. The largest absolute Gasteiger partial charge is 0.370 e. The molecule has 0 spiro atoms. The lowest BCUT2D eigenvalue weighted by Gasteiger charge is -2.46. The molecule has 3 aliphatic heterocycles. The number of nitrogens with zero attached hydrogens (tertiary/aromatic N) is 3. The van der Waals surface area contributed by atoms with Crippen molar-refractivity contribution in [2.24, 2.45) is 5.92 Å². The second kappa shape index (κ2) is 7.54. The van der Waals surface area contributed by atoms with Gasteiger partial charge in [-0.3, -0.25) is 4.79 Å². The zero-order chi connectivity index (χ0) is 20.0. The molecule has 0 bridgehead atoms. The van der Waals surface area contributed by atoms with Crippen LogP contribution in [0.25, 0.3) is 10.6 Å². The minimum Gasteiger partial charge on any atom is -0.370 e. The summed E-state index contributed by atoms with van der Waals surface area (Å²) >= 11 is 1.67. The molecule has 0 N–H and O–H groups in total. The molecule has 1 aromatic carbocycles. The fourth-order valence-corrected chi connectivity index (χ4v) is 5.38. The molecule has 0 saturated carbocycles. The Labute approximate surface area is 174 Å².